The zero-order chi connectivity index (χ0) is 21.3. The number of hydrogen-bond donors (Lipinski definition) is 1. The number of Topliss-reactive ketones (excluding diaryl/α,β-unsaturated/α-hetero) is 1. The molecule has 154 valence electrons. The minimum absolute atomic E-state index is 0.00207. The van der Waals surface area contributed by atoms with Gasteiger partial charge in [0.2, 0.25) is 5.82 Å². The Hall–Kier alpha value is -3.82. The normalized spacial score (nSPS) is 16.1. The lowest BCUT2D eigenvalue weighted by molar-refractivity contribution is -0.120. The lowest BCUT2D eigenvalue weighted by atomic mass is 10.2. The van der Waals surface area contributed by atoms with Gasteiger partial charge >= 0.3 is 0 Å². The first-order chi connectivity index (χ1) is 14.4. The number of carbonyl (C=O) groups excluding carboxylic acids is 3. The zero-order valence-electron chi connectivity index (χ0n) is 16.6. The molecule has 0 saturated carbocycles. The maximum atomic E-state index is 12.8. The molecule has 0 fully saturated rings. The molecule has 0 bridgehead atoms. The van der Waals surface area contributed by atoms with Crippen molar-refractivity contribution < 1.29 is 14.4 Å². The number of aromatic nitrogens is 5. The number of fused-ring (bicyclic) bond motifs is 1. The van der Waals surface area contributed by atoms with E-state index in [2.05, 4.69) is 20.5 Å². The van der Waals surface area contributed by atoms with Crippen LogP contribution in [0.3, 0.4) is 0 Å². The Morgan fingerprint density at radius 3 is 2.70 bits per heavy atom. The van der Waals surface area contributed by atoms with Gasteiger partial charge in [0.1, 0.15) is 23.9 Å². The Morgan fingerprint density at radius 1 is 1.20 bits per heavy atom. The topological polar surface area (TPSA) is 115 Å². The molecule has 1 aromatic carbocycles. The number of aryl methyl sites for hydroxylation is 1. The smallest absolute Gasteiger partial charge is 0.291 e. The SMILES string of the molecule is CC(=O)c1cc2n(n1)CC[C@H](NC(=O)c1ncn(Cc3ccccc3)n1)C(=O)N2C. The van der Waals surface area contributed by atoms with Crippen LogP contribution in [-0.4, -0.2) is 55.2 Å². The summed E-state index contributed by atoms with van der Waals surface area (Å²) < 4.78 is 3.18. The van der Waals surface area contributed by atoms with Crippen molar-refractivity contribution in [3.63, 3.8) is 0 Å². The van der Waals surface area contributed by atoms with Crippen molar-refractivity contribution >= 4 is 23.4 Å². The number of likely N-dealkylation sites (N-methyl/N-ethyl adjacent to an activating group) is 1. The minimum Gasteiger partial charge on any atom is -0.337 e. The van der Waals surface area contributed by atoms with E-state index in [9.17, 15) is 14.4 Å². The monoisotopic (exact) mass is 407 g/mol. The summed E-state index contributed by atoms with van der Waals surface area (Å²) in [6.07, 6.45) is 1.83. The second-order valence-corrected chi connectivity index (χ2v) is 7.13. The van der Waals surface area contributed by atoms with Crippen molar-refractivity contribution in [2.24, 2.45) is 0 Å². The molecule has 0 spiro atoms. The predicted molar refractivity (Wildman–Crippen MR) is 107 cm³/mol. The van der Waals surface area contributed by atoms with E-state index in [1.54, 1.807) is 22.5 Å². The number of nitrogens with zero attached hydrogens (tertiary/aromatic N) is 6. The van der Waals surface area contributed by atoms with E-state index in [0.717, 1.165) is 5.56 Å². The Bertz CT molecular complexity index is 1100. The average Bonchev–Trinajstić information content (AvgIpc) is 3.36. The molecule has 1 aliphatic rings. The van der Waals surface area contributed by atoms with Gasteiger partial charge in [-0.05, 0) is 12.0 Å². The molecule has 3 heterocycles. The van der Waals surface area contributed by atoms with Crippen LogP contribution in [0.25, 0.3) is 0 Å². The first kappa shape index (κ1) is 19.5. The summed E-state index contributed by atoms with van der Waals surface area (Å²) in [4.78, 5) is 42.5. The third-order valence-corrected chi connectivity index (χ3v) is 4.95. The summed E-state index contributed by atoms with van der Waals surface area (Å²) in [5.74, 6) is -0.453. The van der Waals surface area contributed by atoms with Crippen molar-refractivity contribution in [2.75, 3.05) is 11.9 Å². The molecule has 2 aromatic heterocycles. The maximum absolute atomic E-state index is 12.8. The van der Waals surface area contributed by atoms with Crippen LogP contribution in [0.15, 0.2) is 42.7 Å². The average molecular weight is 407 g/mol. The fourth-order valence-electron chi connectivity index (χ4n) is 3.34. The third kappa shape index (κ3) is 3.84. The molecule has 1 N–H and O–H groups in total. The molecule has 4 rings (SSSR count). The van der Waals surface area contributed by atoms with Crippen LogP contribution >= 0.6 is 0 Å². The number of rotatable bonds is 5. The highest BCUT2D eigenvalue weighted by molar-refractivity contribution is 6.01. The van der Waals surface area contributed by atoms with Crippen LogP contribution in [0.5, 0.6) is 0 Å². The van der Waals surface area contributed by atoms with Crippen LogP contribution in [-0.2, 0) is 17.9 Å². The Kier molecular flexibility index (Phi) is 5.13. The van der Waals surface area contributed by atoms with Crippen molar-refractivity contribution in [3.8, 4) is 0 Å². The molecule has 2 amide bonds. The van der Waals surface area contributed by atoms with E-state index in [4.69, 9.17) is 0 Å². The lowest BCUT2D eigenvalue weighted by Crippen LogP contribution is -2.47. The highest BCUT2D eigenvalue weighted by Gasteiger charge is 2.31. The fourth-order valence-corrected chi connectivity index (χ4v) is 3.34. The third-order valence-electron chi connectivity index (χ3n) is 4.95. The van der Waals surface area contributed by atoms with Crippen molar-refractivity contribution in [1.29, 1.82) is 0 Å². The second kappa shape index (κ2) is 7.90. The van der Waals surface area contributed by atoms with Crippen LogP contribution in [0.4, 0.5) is 5.82 Å². The van der Waals surface area contributed by atoms with Crippen molar-refractivity contribution in [3.05, 3.63) is 59.8 Å². The Balaban J connectivity index is 1.44. The van der Waals surface area contributed by atoms with Gasteiger partial charge < -0.3 is 5.32 Å². The number of amides is 2. The summed E-state index contributed by atoms with van der Waals surface area (Å²) in [6.45, 7) is 2.31. The lowest BCUT2D eigenvalue weighted by Gasteiger charge is -2.19. The van der Waals surface area contributed by atoms with Gasteiger partial charge in [-0.1, -0.05) is 30.3 Å². The minimum atomic E-state index is -0.744. The molecule has 0 aliphatic carbocycles. The van der Waals surface area contributed by atoms with E-state index < -0.39 is 11.9 Å². The number of hydrogen-bond acceptors (Lipinski definition) is 6. The molecule has 3 aromatic rings. The maximum Gasteiger partial charge on any atom is 0.291 e. The Labute approximate surface area is 172 Å². The van der Waals surface area contributed by atoms with Gasteiger partial charge in [0, 0.05) is 26.6 Å². The first-order valence-corrected chi connectivity index (χ1v) is 9.53. The summed E-state index contributed by atoms with van der Waals surface area (Å²) in [7, 11) is 1.59. The van der Waals surface area contributed by atoms with Gasteiger partial charge in [-0.2, -0.15) is 5.10 Å². The molecule has 10 nitrogen and oxygen atoms in total. The first-order valence-electron chi connectivity index (χ1n) is 9.53. The summed E-state index contributed by atoms with van der Waals surface area (Å²) >= 11 is 0. The fraction of sp³-hybridized carbons (Fsp3) is 0.300. The number of benzene rings is 1. The van der Waals surface area contributed by atoms with E-state index in [0.29, 0.717) is 31.0 Å². The van der Waals surface area contributed by atoms with Gasteiger partial charge in [0.25, 0.3) is 11.8 Å². The predicted octanol–water partition coefficient (Wildman–Crippen LogP) is 0.891. The summed E-state index contributed by atoms with van der Waals surface area (Å²) in [5.41, 5.74) is 1.34. The highest BCUT2D eigenvalue weighted by Crippen LogP contribution is 2.21. The zero-order valence-corrected chi connectivity index (χ0v) is 16.6. The standard InChI is InChI=1S/C20H21N7O3/c1-13(28)16-10-17-25(2)20(30)15(8-9-27(17)23-16)22-19(29)18-21-12-26(24-18)11-14-6-4-3-5-7-14/h3-7,10,12,15H,8-9,11H2,1-2H3,(H,22,29)/t15-/m0/s1. The van der Waals surface area contributed by atoms with Crippen LogP contribution < -0.4 is 10.2 Å². The number of ketones is 1. The molecule has 30 heavy (non-hydrogen) atoms. The molecule has 1 atom stereocenters. The molecular formula is C20H21N7O3. The molecule has 10 heteroatoms. The van der Waals surface area contributed by atoms with Crippen LogP contribution in [0.2, 0.25) is 0 Å². The van der Waals surface area contributed by atoms with Crippen LogP contribution in [0.1, 0.15) is 40.0 Å². The quantitative estimate of drug-likeness (QED) is 0.628. The van der Waals surface area contributed by atoms with E-state index >= 15 is 0 Å². The number of anilines is 1. The number of carbonyl (C=O) groups is 3. The van der Waals surface area contributed by atoms with Crippen molar-refractivity contribution in [1.82, 2.24) is 29.9 Å². The second-order valence-electron chi connectivity index (χ2n) is 7.13. The Morgan fingerprint density at radius 2 is 1.97 bits per heavy atom. The summed E-state index contributed by atoms with van der Waals surface area (Å²) in [5, 5.41) is 11.2. The molecular weight excluding hydrogens is 386 g/mol. The van der Waals surface area contributed by atoms with Crippen molar-refractivity contribution in [2.45, 2.75) is 32.5 Å². The van der Waals surface area contributed by atoms with Gasteiger partial charge in [-0.25, -0.2) is 14.3 Å². The molecule has 0 saturated heterocycles. The molecule has 1 aliphatic heterocycles. The van der Waals surface area contributed by atoms with Crippen LogP contribution in [0, 0.1) is 0 Å². The number of nitrogens with one attached hydrogen (secondary N) is 1. The summed E-state index contributed by atoms with van der Waals surface area (Å²) in [6, 6.07) is 10.5. The van der Waals surface area contributed by atoms with Gasteiger partial charge in [0.05, 0.1) is 6.54 Å². The van der Waals surface area contributed by atoms with E-state index in [1.165, 1.54) is 18.2 Å². The largest absolute Gasteiger partial charge is 0.337 e. The van der Waals surface area contributed by atoms with Gasteiger partial charge in [-0.3, -0.25) is 19.3 Å². The molecule has 0 unspecified atom stereocenters. The van der Waals surface area contributed by atoms with Gasteiger partial charge in [-0.15, -0.1) is 5.10 Å². The molecule has 0 radical (unpaired) electrons. The van der Waals surface area contributed by atoms with E-state index in [1.807, 2.05) is 30.3 Å². The highest BCUT2D eigenvalue weighted by atomic mass is 16.2. The van der Waals surface area contributed by atoms with E-state index in [-0.39, 0.29) is 17.5 Å². The van der Waals surface area contributed by atoms with Gasteiger partial charge in [0.15, 0.2) is 5.78 Å².